The highest BCUT2D eigenvalue weighted by Gasteiger charge is 2.20. The number of hydrogen-bond acceptors (Lipinski definition) is 6. The van der Waals surface area contributed by atoms with E-state index in [1.165, 1.54) is 11.1 Å². The van der Waals surface area contributed by atoms with Crippen molar-refractivity contribution in [2.24, 2.45) is 5.73 Å². The Morgan fingerprint density at radius 2 is 1.58 bits per heavy atom. The lowest BCUT2D eigenvalue weighted by molar-refractivity contribution is 0.233. The molecule has 0 bridgehead atoms. The second-order valence-electron chi connectivity index (χ2n) is 8.35. The normalized spacial score (nSPS) is 13.2. The van der Waals surface area contributed by atoms with Gasteiger partial charge in [-0.15, -0.1) is 0 Å². The molecule has 0 atom stereocenters. The van der Waals surface area contributed by atoms with Crippen LogP contribution < -0.4 is 16.4 Å². The maximum atomic E-state index is 6.39. The summed E-state index contributed by atoms with van der Waals surface area (Å²) in [7, 11) is 0. The number of nitrogens with one attached hydrogen (secondary N) is 2. The first-order valence-electron chi connectivity index (χ1n) is 12.7. The molecule has 0 radical (unpaired) electrons. The molecule has 0 aliphatic rings. The van der Waals surface area contributed by atoms with Gasteiger partial charge in [-0.2, -0.15) is 0 Å². The van der Waals surface area contributed by atoms with Crippen LogP contribution >= 0.6 is 11.6 Å². The van der Waals surface area contributed by atoms with Gasteiger partial charge in [0.2, 0.25) is 0 Å². The van der Waals surface area contributed by atoms with Gasteiger partial charge in [0.15, 0.2) is 0 Å². The highest BCUT2D eigenvalue weighted by molar-refractivity contribution is 6.32. The number of nitrogens with zero attached hydrogens (tertiary/aromatic N) is 3. The van der Waals surface area contributed by atoms with Crippen molar-refractivity contribution < 1.29 is 0 Å². The predicted molar refractivity (Wildman–Crippen MR) is 152 cm³/mol. The minimum Gasteiger partial charge on any atom is -0.398 e. The van der Waals surface area contributed by atoms with Crippen LogP contribution in [0.25, 0.3) is 0 Å². The summed E-state index contributed by atoms with van der Waals surface area (Å²) in [5.74, 6) is 0. The van der Waals surface area contributed by atoms with Crippen LogP contribution in [0.3, 0.4) is 0 Å². The van der Waals surface area contributed by atoms with Crippen molar-refractivity contribution in [3.63, 3.8) is 0 Å². The van der Waals surface area contributed by atoms with E-state index in [1.807, 2.05) is 50.8 Å². The summed E-state index contributed by atoms with van der Waals surface area (Å²) in [6, 6.07) is 8.60. The molecular weight excluding hydrogens is 468 g/mol. The lowest BCUT2D eigenvalue weighted by Gasteiger charge is -2.31. The van der Waals surface area contributed by atoms with Gasteiger partial charge in [-0.3, -0.25) is 14.9 Å². The zero-order valence-electron chi connectivity index (χ0n) is 21.9. The molecule has 0 spiro atoms. The van der Waals surface area contributed by atoms with E-state index in [-0.39, 0.29) is 6.04 Å². The Kier molecular flexibility index (Phi) is 13.6. The third kappa shape index (κ3) is 8.94. The maximum absolute atomic E-state index is 6.39. The maximum Gasteiger partial charge on any atom is 0.0603 e. The molecule has 0 aliphatic heterocycles. The molecule has 7 heteroatoms. The third-order valence-corrected chi connectivity index (χ3v) is 6.43. The molecule has 0 aromatic carbocycles. The monoisotopic (exact) mass is 508 g/mol. The molecule has 2 aromatic heterocycles. The van der Waals surface area contributed by atoms with E-state index < -0.39 is 0 Å². The Morgan fingerprint density at radius 1 is 1.00 bits per heavy atom. The van der Waals surface area contributed by atoms with E-state index in [0.717, 1.165) is 56.8 Å². The van der Waals surface area contributed by atoms with Crippen LogP contribution in [-0.4, -0.2) is 47.6 Å². The Balaban J connectivity index is 1.82. The Morgan fingerprint density at radius 3 is 2.08 bits per heavy atom. The number of aromatic nitrogens is 2. The average molecular weight is 509 g/mol. The molecule has 4 N–H and O–H groups in total. The van der Waals surface area contributed by atoms with E-state index >= 15 is 0 Å². The number of allylic oxidation sites excluding steroid dienone is 4. The molecule has 0 saturated heterocycles. The van der Waals surface area contributed by atoms with E-state index in [0.29, 0.717) is 10.7 Å². The van der Waals surface area contributed by atoms with Crippen LogP contribution in [-0.2, 0) is 0 Å². The fraction of sp³-hybridized carbons (Fsp3) is 0.379. The summed E-state index contributed by atoms with van der Waals surface area (Å²) in [6.45, 7) is 14.5. The fourth-order valence-corrected chi connectivity index (χ4v) is 4.36. The molecule has 0 unspecified atom stereocenters. The number of nitrogens with two attached hydrogens (primary N) is 1. The van der Waals surface area contributed by atoms with Crippen molar-refractivity contribution in [1.82, 2.24) is 25.5 Å². The molecule has 0 saturated carbocycles. The van der Waals surface area contributed by atoms with Gasteiger partial charge in [0.1, 0.15) is 0 Å². The first-order chi connectivity index (χ1) is 17.6. The van der Waals surface area contributed by atoms with E-state index in [1.54, 1.807) is 6.08 Å². The van der Waals surface area contributed by atoms with Gasteiger partial charge in [0.25, 0.3) is 0 Å². The van der Waals surface area contributed by atoms with Crippen LogP contribution in [0, 0.1) is 0 Å². The average Bonchev–Trinajstić information content (AvgIpc) is 2.93. The Labute approximate surface area is 222 Å². The second kappa shape index (κ2) is 16.7. The zero-order chi connectivity index (χ0) is 26.2. The standard InChI is InChI=1S/C29H41ClN6/c1-5-25(30)28(26(31)6-2)27(7-3)35-17-9-15-32-16-10-22-36(8-4)29(23-11-18-33-19-12-23)24-13-20-34-21-14-24/h5-7,11-14,18-21,29,32,35H,2,8-10,15-17,22,31H2,1,3-4H3/b25-5+,27-7+,28-26-. The van der Waals surface area contributed by atoms with E-state index in [2.05, 4.69) is 63.3 Å². The quantitative estimate of drug-likeness (QED) is 0.211. The molecule has 2 rings (SSSR count). The number of halogens is 1. The number of pyridine rings is 2. The fourth-order valence-electron chi connectivity index (χ4n) is 4.15. The SMILES string of the molecule is C=C/C(N)=C(C(\Cl)=C/C)/C(=C\C)NCCCNCCCN(CC)C(c1ccncc1)c1ccncc1. The van der Waals surface area contributed by atoms with Gasteiger partial charge in [-0.25, -0.2) is 0 Å². The lowest BCUT2D eigenvalue weighted by Crippen LogP contribution is -2.32. The molecular formula is C29H41ClN6. The first kappa shape index (κ1) is 29.3. The van der Waals surface area contributed by atoms with Gasteiger partial charge in [-0.1, -0.05) is 37.3 Å². The smallest absolute Gasteiger partial charge is 0.0603 e. The second-order valence-corrected chi connectivity index (χ2v) is 8.76. The topological polar surface area (TPSA) is 79.1 Å². The van der Waals surface area contributed by atoms with Crippen LogP contribution in [0.15, 0.2) is 95.9 Å². The van der Waals surface area contributed by atoms with Crippen molar-refractivity contribution in [2.45, 2.75) is 39.7 Å². The molecule has 0 aliphatic carbocycles. The zero-order valence-corrected chi connectivity index (χ0v) is 22.6. The van der Waals surface area contributed by atoms with Gasteiger partial charge in [0.05, 0.1) is 6.04 Å². The molecule has 2 aromatic rings. The summed E-state index contributed by atoms with van der Waals surface area (Å²) in [5.41, 5.74) is 10.9. The Bertz CT molecular complexity index is 961. The lowest BCUT2D eigenvalue weighted by atomic mass is 9.98. The third-order valence-electron chi connectivity index (χ3n) is 6.02. The van der Waals surface area contributed by atoms with Crippen LogP contribution in [0.5, 0.6) is 0 Å². The number of rotatable bonds is 16. The molecule has 36 heavy (non-hydrogen) atoms. The summed E-state index contributed by atoms with van der Waals surface area (Å²) < 4.78 is 0. The predicted octanol–water partition coefficient (Wildman–Crippen LogP) is 5.29. The van der Waals surface area contributed by atoms with Crippen molar-refractivity contribution >= 4 is 11.6 Å². The van der Waals surface area contributed by atoms with Crippen LogP contribution in [0.4, 0.5) is 0 Å². The summed E-state index contributed by atoms with van der Waals surface area (Å²) in [4.78, 5) is 10.9. The van der Waals surface area contributed by atoms with E-state index in [9.17, 15) is 0 Å². The van der Waals surface area contributed by atoms with Crippen LogP contribution in [0.1, 0.15) is 50.8 Å². The highest BCUT2D eigenvalue weighted by atomic mass is 35.5. The van der Waals surface area contributed by atoms with Gasteiger partial charge < -0.3 is 16.4 Å². The number of hydrogen-bond donors (Lipinski definition) is 3. The molecule has 0 amide bonds. The summed E-state index contributed by atoms with van der Waals surface area (Å²) in [5, 5.41) is 7.65. The largest absolute Gasteiger partial charge is 0.398 e. The summed E-state index contributed by atoms with van der Waals surface area (Å²) >= 11 is 6.39. The molecule has 0 fully saturated rings. The molecule has 194 valence electrons. The molecule has 2 heterocycles. The molecule has 6 nitrogen and oxygen atoms in total. The van der Waals surface area contributed by atoms with Crippen molar-refractivity contribution in [3.8, 4) is 0 Å². The van der Waals surface area contributed by atoms with Crippen molar-refractivity contribution in [3.05, 3.63) is 107 Å². The van der Waals surface area contributed by atoms with Gasteiger partial charge >= 0.3 is 0 Å². The minimum absolute atomic E-state index is 0.193. The summed E-state index contributed by atoms with van der Waals surface area (Å²) in [6.07, 6.45) is 15.0. The van der Waals surface area contributed by atoms with E-state index in [4.69, 9.17) is 17.3 Å². The first-order valence-corrected chi connectivity index (χ1v) is 13.0. The minimum atomic E-state index is 0.193. The van der Waals surface area contributed by atoms with Crippen LogP contribution in [0.2, 0.25) is 0 Å². The van der Waals surface area contributed by atoms with Gasteiger partial charge in [0, 0.05) is 59.9 Å². The van der Waals surface area contributed by atoms with Crippen molar-refractivity contribution in [2.75, 3.05) is 32.7 Å². The Hall–Kier alpha value is -2.93. The highest BCUT2D eigenvalue weighted by Crippen LogP contribution is 2.28. The van der Waals surface area contributed by atoms with Gasteiger partial charge in [-0.05, 0) is 87.8 Å². The van der Waals surface area contributed by atoms with Crippen molar-refractivity contribution in [1.29, 1.82) is 0 Å².